The molecule has 0 saturated carbocycles. The molecule has 0 aliphatic carbocycles. The minimum Gasteiger partial charge on any atom is -0.354 e. The molecule has 0 aliphatic rings. The van der Waals surface area contributed by atoms with E-state index in [1.54, 1.807) is 67.6 Å². The Morgan fingerprint density at radius 3 is 2.18 bits per heavy atom. The van der Waals surface area contributed by atoms with E-state index >= 15 is 0 Å². The molecule has 208 valence electrons. The summed E-state index contributed by atoms with van der Waals surface area (Å²) in [4.78, 5) is 28.3. The van der Waals surface area contributed by atoms with E-state index in [0.717, 1.165) is 32.7 Å². The molecule has 0 fully saturated rings. The molecule has 39 heavy (non-hydrogen) atoms. The summed E-state index contributed by atoms with van der Waals surface area (Å²) in [6, 6.07) is 19.3. The lowest BCUT2D eigenvalue weighted by molar-refractivity contribution is -0.139. The minimum atomic E-state index is -4.10. The number of nitrogens with one attached hydrogen (secondary N) is 1. The number of amides is 2. The number of aryl methyl sites for hydroxylation is 1. The van der Waals surface area contributed by atoms with Crippen LogP contribution in [0.25, 0.3) is 0 Å². The number of carbonyl (C=O) groups excluding carboxylic acids is 2. The molecule has 0 aromatic heterocycles. The van der Waals surface area contributed by atoms with Gasteiger partial charge in [-0.3, -0.25) is 13.9 Å². The number of benzene rings is 3. The lowest BCUT2D eigenvalue weighted by Gasteiger charge is -2.32. The van der Waals surface area contributed by atoms with Crippen LogP contribution in [0, 0.1) is 6.92 Å². The summed E-state index contributed by atoms with van der Waals surface area (Å²) in [6.45, 7) is 5.66. The van der Waals surface area contributed by atoms with Gasteiger partial charge >= 0.3 is 0 Å². The SMILES string of the molecule is CCCCNC(=O)[C@@H](C)N(Cc1ccc(Cl)cc1)C(=O)CN(c1ccc(Br)cc1)S(=O)(=O)c1ccc(C)cc1. The maximum absolute atomic E-state index is 13.9. The molecule has 10 heteroatoms. The van der Waals surface area contributed by atoms with Crippen LogP contribution >= 0.6 is 27.5 Å². The number of nitrogens with zero attached hydrogens (tertiary/aromatic N) is 2. The molecule has 1 N–H and O–H groups in total. The van der Waals surface area contributed by atoms with Crippen molar-refractivity contribution in [1.29, 1.82) is 0 Å². The molecule has 1 atom stereocenters. The number of hydrogen-bond acceptors (Lipinski definition) is 4. The average molecular weight is 635 g/mol. The minimum absolute atomic E-state index is 0.0680. The van der Waals surface area contributed by atoms with Crippen molar-refractivity contribution in [3.8, 4) is 0 Å². The Kier molecular flexibility index (Phi) is 11.0. The highest BCUT2D eigenvalue weighted by Gasteiger charge is 2.32. The van der Waals surface area contributed by atoms with Crippen molar-refractivity contribution in [2.45, 2.75) is 51.1 Å². The molecule has 0 saturated heterocycles. The van der Waals surface area contributed by atoms with Gasteiger partial charge in [0.1, 0.15) is 12.6 Å². The van der Waals surface area contributed by atoms with E-state index in [-0.39, 0.29) is 17.3 Å². The zero-order valence-corrected chi connectivity index (χ0v) is 25.4. The Balaban J connectivity index is 1.98. The van der Waals surface area contributed by atoms with Gasteiger partial charge in [0.15, 0.2) is 0 Å². The highest BCUT2D eigenvalue weighted by Crippen LogP contribution is 2.26. The molecule has 3 rings (SSSR count). The van der Waals surface area contributed by atoms with Gasteiger partial charge < -0.3 is 10.2 Å². The lowest BCUT2D eigenvalue weighted by Crippen LogP contribution is -2.51. The van der Waals surface area contributed by atoms with Gasteiger partial charge in [-0.25, -0.2) is 8.42 Å². The van der Waals surface area contributed by atoms with Crippen molar-refractivity contribution < 1.29 is 18.0 Å². The van der Waals surface area contributed by atoms with Crippen LogP contribution < -0.4 is 9.62 Å². The Morgan fingerprint density at radius 2 is 1.59 bits per heavy atom. The highest BCUT2D eigenvalue weighted by atomic mass is 79.9. The third-order valence-electron chi connectivity index (χ3n) is 6.27. The normalized spacial score (nSPS) is 12.0. The first kappa shape index (κ1) is 30.7. The molecule has 3 aromatic carbocycles. The van der Waals surface area contributed by atoms with Gasteiger partial charge in [0.2, 0.25) is 11.8 Å². The van der Waals surface area contributed by atoms with Crippen LogP contribution in [0.4, 0.5) is 5.69 Å². The van der Waals surface area contributed by atoms with Gasteiger partial charge in [-0.1, -0.05) is 70.7 Å². The first-order valence-corrected chi connectivity index (χ1v) is 15.3. The van der Waals surface area contributed by atoms with E-state index in [1.165, 1.54) is 17.0 Å². The smallest absolute Gasteiger partial charge is 0.264 e. The Bertz CT molecular complexity index is 1370. The van der Waals surface area contributed by atoms with Gasteiger partial charge in [0, 0.05) is 22.6 Å². The summed E-state index contributed by atoms with van der Waals surface area (Å²) in [5.74, 6) is -0.816. The zero-order valence-electron chi connectivity index (χ0n) is 22.2. The topological polar surface area (TPSA) is 86.8 Å². The van der Waals surface area contributed by atoms with Crippen LogP contribution in [-0.4, -0.2) is 44.3 Å². The molecule has 0 radical (unpaired) electrons. The lowest BCUT2D eigenvalue weighted by atomic mass is 10.1. The number of rotatable bonds is 12. The summed E-state index contributed by atoms with van der Waals surface area (Å²) in [6.07, 6.45) is 1.73. The van der Waals surface area contributed by atoms with Crippen molar-refractivity contribution in [1.82, 2.24) is 10.2 Å². The average Bonchev–Trinajstić information content (AvgIpc) is 2.91. The second kappa shape index (κ2) is 14.0. The maximum Gasteiger partial charge on any atom is 0.264 e. The quantitative estimate of drug-likeness (QED) is 0.250. The molecule has 0 unspecified atom stereocenters. The fourth-order valence-electron chi connectivity index (χ4n) is 3.88. The van der Waals surface area contributed by atoms with Crippen molar-refractivity contribution >= 4 is 55.1 Å². The van der Waals surface area contributed by atoms with E-state index in [2.05, 4.69) is 21.2 Å². The zero-order chi connectivity index (χ0) is 28.6. The second-order valence-electron chi connectivity index (χ2n) is 9.27. The monoisotopic (exact) mass is 633 g/mol. The van der Waals surface area contributed by atoms with Gasteiger partial charge in [0.05, 0.1) is 10.6 Å². The fraction of sp³-hybridized carbons (Fsp3) is 0.310. The van der Waals surface area contributed by atoms with Crippen LogP contribution in [0.5, 0.6) is 0 Å². The molecule has 0 spiro atoms. The maximum atomic E-state index is 13.9. The molecule has 2 amide bonds. The van der Waals surface area contributed by atoms with Crippen molar-refractivity contribution in [2.24, 2.45) is 0 Å². The predicted octanol–water partition coefficient (Wildman–Crippen LogP) is 5.94. The molecule has 0 heterocycles. The second-order valence-corrected chi connectivity index (χ2v) is 12.5. The van der Waals surface area contributed by atoms with E-state index in [1.807, 2.05) is 13.8 Å². The molecule has 3 aromatic rings. The van der Waals surface area contributed by atoms with Crippen LogP contribution in [0.15, 0.2) is 82.2 Å². The predicted molar refractivity (Wildman–Crippen MR) is 159 cm³/mol. The van der Waals surface area contributed by atoms with E-state index in [0.29, 0.717) is 17.3 Å². The summed E-state index contributed by atoms with van der Waals surface area (Å²) in [5.41, 5.74) is 2.01. The van der Waals surface area contributed by atoms with Crippen LogP contribution in [0.2, 0.25) is 5.02 Å². The van der Waals surface area contributed by atoms with Gasteiger partial charge in [-0.15, -0.1) is 0 Å². The van der Waals surface area contributed by atoms with Gasteiger partial charge in [-0.2, -0.15) is 0 Å². The third-order valence-corrected chi connectivity index (χ3v) is 8.83. The summed E-state index contributed by atoms with van der Waals surface area (Å²) < 4.78 is 29.5. The van der Waals surface area contributed by atoms with Crippen molar-refractivity contribution in [3.05, 3.63) is 93.4 Å². The Labute approximate surface area is 244 Å². The largest absolute Gasteiger partial charge is 0.354 e. The summed E-state index contributed by atoms with van der Waals surface area (Å²) in [5, 5.41) is 3.42. The third kappa shape index (κ3) is 8.30. The molecular weight excluding hydrogens is 602 g/mol. The van der Waals surface area contributed by atoms with Crippen molar-refractivity contribution in [3.63, 3.8) is 0 Å². The highest BCUT2D eigenvalue weighted by molar-refractivity contribution is 9.10. The first-order valence-electron chi connectivity index (χ1n) is 12.7. The number of unbranched alkanes of at least 4 members (excludes halogenated alkanes) is 1. The number of hydrogen-bond donors (Lipinski definition) is 1. The summed E-state index contributed by atoms with van der Waals surface area (Å²) in [7, 11) is -4.10. The number of sulfonamides is 1. The molecule has 7 nitrogen and oxygen atoms in total. The number of halogens is 2. The van der Waals surface area contributed by atoms with Crippen LogP contribution in [0.1, 0.15) is 37.8 Å². The van der Waals surface area contributed by atoms with Crippen molar-refractivity contribution in [2.75, 3.05) is 17.4 Å². The van der Waals surface area contributed by atoms with Gasteiger partial charge in [0.25, 0.3) is 10.0 Å². The summed E-state index contributed by atoms with van der Waals surface area (Å²) >= 11 is 9.42. The molecule has 0 aliphatic heterocycles. The van der Waals surface area contributed by atoms with Crippen LogP contribution in [-0.2, 0) is 26.2 Å². The van der Waals surface area contributed by atoms with E-state index in [9.17, 15) is 18.0 Å². The number of carbonyl (C=O) groups is 2. The molecular formula is C29H33BrClN3O4S. The van der Waals surface area contributed by atoms with E-state index in [4.69, 9.17) is 11.6 Å². The fourth-order valence-corrected chi connectivity index (χ4v) is 5.68. The Morgan fingerprint density at radius 1 is 0.974 bits per heavy atom. The van der Waals surface area contributed by atoms with Crippen LogP contribution in [0.3, 0.4) is 0 Å². The standard InChI is InChI=1S/C29H33BrClN3O4S/c1-4-5-18-32-29(36)22(3)33(19-23-8-12-25(31)13-9-23)28(35)20-34(26-14-10-24(30)11-15-26)39(37,38)27-16-6-21(2)7-17-27/h6-17,22H,4-5,18-20H2,1-3H3,(H,32,36)/t22-/m1/s1. The number of anilines is 1. The van der Waals surface area contributed by atoms with E-state index < -0.39 is 28.5 Å². The molecule has 0 bridgehead atoms. The first-order chi connectivity index (χ1) is 18.5. The van der Waals surface area contributed by atoms with Gasteiger partial charge in [-0.05, 0) is 74.4 Å². The Hall–Kier alpha value is -2.88.